The van der Waals surface area contributed by atoms with Gasteiger partial charge >= 0.3 is 0 Å². The summed E-state index contributed by atoms with van der Waals surface area (Å²) in [5.41, 5.74) is 2.12. The second-order valence-electron chi connectivity index (χ2n) is 5.97. The summed E-state index contributed by atoms with van der Waals surface area (Å²) < 4.78 is 0. The van der Waals surface area contributed by atoms with E-state index in [1.54, 1.807) is 0 Å². The number of nitrogens with one attached hydrogen (secondary N) is 1. The number of rotatable bonds is 3. The smallest absolute Gasteiger partial charge is 0.241 e. The Morgan fingerprint density at radius 3 is 2.76 bits per heavy atom. The molecule has 1 aliphatic heterocycles. The van der Waals surface area contributed by atoms with Crippen molar-refractivity contribution >= 4 is 11.6 Å². The van der Waals surface area contributed by atoms with Crippen molar-refractivity contribution in [1.82, 2.24) is 4.90 Å². The van der Waals surface area contributed by atoms with E-state index in [9.17, 15) is 4.79 Å². The molecule has 1 aromatic carbocycles. The van der Waals surface area contributed by atoms with Crippen LogP contribution < -0.4 is 5.32 Å². The number of carbonyl (C=O) groups excluding carboxylic acids is 1. The molecular formula is C17H21N3O. The average molecular weight is 283 g/mol. The van der Waals surface area contributed by atoms with Gasteiger partial charge in [0, 0.05) is 11.7 Å². The first kappa shape index (κ1) is 14.1. The minimum Gasteiger partial charge on any atom is -0.324 e. The standard InChI is InChI=1S/C17H21N3O/c18-11-12-20(14-6-2-3-7-14)16-10-9-13-5-1-4-8-15(13)19-17(16)21/h1,4-5,8,14,16H,2-3,6-7,9-10,12H2,(H,19,21). The van der Waals surface area contributed by atoms with Crippen LogP contribution in [0.3, 0.4) is 0 Å². The number of aryl methyl sites for hydroxylation is 1. The number of hydrogen-bond donors (Lipinski definition) is 1. The number of hydrogen-bond acceptors (Lipinski definition) is 3. The van der Waals surface area contributed by atoms with Crippen molar-refractivity contribution in [2.75, 3.05) is 11.9 Å². The Morgan fingerprint density at radius 2 is 2.00 bits per heavy atom. The summed E-state index contributed by atoms with van der Waals surface area (Å²) in [5, 5.41) is 12.2. The summed E-state index contributed by atoms with van der Waals surface area (Å²) in [7, 11) is 0. The summed E-state index contributed by atoms with van der Waals surface area (Å²) in [4.78, 5) is 14.7. The minimum absolute atomic E-state index is 0.0436. The molecule has 1 aliphatic carbocycles. The first-order valence-electron chi connectivity index (χ1n) is 7.81. The van der Waals surface area contributed by atoms with E-state index in [0.717, 1.165) is 31.4 Å². The highest BCUT2D eigenvalue weighted by molar-refractivity contribution is 5.96. The third kappa shape index (κ3) is 2.93. The number of nitriles is 1. The zero-order valence-corrected chi connectivity index (χ0v) is 12.2. The van der Waals surface area contributed by atoms with Gasteiger partial charge in [0.1, 0.15) is 0 Å². The average Bonchev–Trinajstić information content (AvgIpc) is 2.96. The first-order chi connectivity index (χ1) is 10.3. The predicted molar refractivity (Wildman–Crippen MR) is 81.8 cm³/mol. The summed E-state index contributed by atoms with van der Waals surface area (Å²) >= 11 is 0. The van der Waals surface area contributed by atoms with Crippen molar-refractivity contribution in [3.05, 3.63) is 29.8 Å². The van der Waals surface area contributed by atoms with Crippen molar-refractivity contribution in [1.29, 1.82) is 5.26 Å². The van der Waals surface area contributed by atoms with Crippen LogP contribution in [0.25, 0.3) is 0 Å². The molecule has 3 rings (SSSR count). The lowest BCUT2D eigenvalue weighted by molar-refractivity contribution is -0.122. The van der Waals surface area contributed by atoms with Crippen molar-refractivity contribution in [2.45, 2.75) is 50.6 Å². The number of fused-ring (bicyclic) bond motifs is 1. The highest BCUT2D eigenvalue weighted by atomic mass is 16.2. The largest absolute Gasteiger partial charge is 0.324 e. The van der Waals surface area contributed by atoms with Crippen LogP contribution in [0.4, 0.5) is 5.69 Å². The third-order valence-corrected chi connectivity index (χ3v) is 4.71. The summed E-state index contributed by atoms with van der Waals surface area (Å²) in [6.07, 6.45) is 6.31. The van der Waals surface area contributed by atoms with Crippen LogP contribution in [0.1, 0.15) is 37.7 Å². The molecule has 4 nitrogen and oxygen atoms in total. The van der Waals surface area contributed by atoms with Gasteiger partial charge in [0.15, 0.2) is 0 Å². The van der Waals surface area contributed by atoms with Gasteiger partial charge < -0.3 is 5.32 Å². The molecule has 110 valence electrons. The van der Waals surface area contributed by atoms with E-state index >= 15 is 0 Å². The van der Waals surface area contributed by atoms with E-state index in [4.69, 9.17) is 5.26 Å². The van der Waals surface area contributed by atoms with Crippen LogP contribution in [0.5, 0.6) is 0 Å². The van der Waals surface area contributed by atoms with Gasteiger partial charge in [-0.15, -0.1) is 0 Å². The molecule has 0 bridgehead atoms. The van der Waals surface area contributed by atoms with Gasteiger partial charge in [-0.25, -0.2) is 0 Å². The van der Waals surface area contributed by atoms with Crippen LogP contribution in [0, 0.1) is 11.3 Å². The molecule has 1 N–H and O–H groups in total. The second-order valence-corrected chi connectivity index (χ2v) is 5.97. The molecule has 1 amide bonds. The highest BCUT2D eigenvalue weighted by Crippen LogP contribution is 2.29. The Morgan fingerprint density at radius 1 is 1.24 bits per heavy atom. The van der Waals surface area contributed by atoms with Gasteiger partial charge in [-0.2, -0.15) is 5.26 Å². The van der Waals surface area contributed by atoms with Crippen LogP contribution in [0.15, 0.2) is 24.3 Å². The molecular weight excluding hydrogens is 262 g/mol. The van der Waals surface area contributed by atoms with Crippen LogP contribution in [-0.2, 0) is 11.2 Å². The lowest BCUT2D eigenvalue weighted by Gasteiger charge is -2.32. The maximum atomic E-state index is 12.6. The van der Waals surface area contributed by atoms with Crippen molar-refractivity contribution in [3.63, 3.8) is 0 Å². The minimum atomic E-state index is -0.180. The fraction of sp³-hybridized carbons (Fsp3) is 0.529. The molecule has 1 aromatic rings. The molecule has 1 fully saturated rings. The second kappa shape index (κ2) is 6.28. The fourth-order valence-electron chi connectivity index (χ4n) is 3.63. The lowest BCUT2D eigenvalue weighted by Crippen LogP contribution is -2.48. The molecule has 1 atom stereocenters. The molecule has 0 spiro atoms. The van der Waals surface area contributed by atoms with E-state index in [-0.39, 0.29) is 11.9 Å². The Kier molecular flexibility index (Phi) is 4.21. The molecule has 1 unspecified atom stereocenters. The monoisotopic (exact) mass is 283 g/mol. The Balaban J connectivity index is 1.81. The van der Waals surface area contributed by atoms with Crippen LogP contribution >= 0.6 is 0 Å². The highest BCUT2D eigenvalue weighted by Gasteiger charge is 2.34. The van der Waals surface area contributed by atoms with Crippen LogP contribution in [0.2, 0.25) is 0 Å². The van der Waals surface area contributed by atoms with Gasteiger partial charge in [0.2, 0.25) is 5.91 Å². The maximum absolute atomic E-state index is 12.6. The Labute approximate surface area is 125 Å². The van der Waals surface area contributed by atoms with E-state index in [1.807, 2.05) is 18.2 Å². The van der Waals surface area contributed by atoms with E-state index in [1.165, 1.54) is 18.4 Å². The zero-order chi connectivity index (χ0) is 14.7. The van der Waals surface area contributed by atoms with Crippen molar-refractivity contribution < 1.29 is 4.79 Å². The van der Waals surface area contributed by atoms with Gasteiger partial charge in [-0.1, -0.05) is 31.0 Å². The van der Waals surface area contributed by atoms with Crippen molar-refractivity contribution in [2.24, 2.45) is 0 Å². The normalized spacial score (nSPS) is 22.5. The fourth-order valence-corrected chi connectivity index (χ4v) is 3.63. The molecule has 0 saturated heterocycles. The van der Waals surface area contributed by atoms with Gasteiger partial charge in [-0.3, -0.25) is 9.69 Å². The molecule has 4 heteroatoms. The lowest BCUT2D eigenvalue weighted by atomic mass is 10.0. The molecule has 1 saturated carbocycles. The summed E-state index contributed by atoms with van der Waals surface area (Å²) in [6, 6.07) is 10.4. The predicted octanol–water partition coefficient (Wildman–Crippen LogP) is 2.71. The number of benzene rings is 1. The maximum Gasteiger partial charge on any atom is 0.241 e. The number of carbonyl (C=O) groups is 1. The quantitative estimate of drug-likeness (QED) is 0.868. The third-order valence-electron chi connectivity index (χ3n) is 4.71. The van der Waals surface area contributed by atoms with E-state index in [2.05, 4.69) is 22.4 Å². The van der Waals surface area contributed by atoms with Crippen LogP contribution in [-0.4, -0.2) is 29.4 Å². The Hall–Kier alpha value is -1.86. The van der Waals surface area contributed by atoms with E-state index < -0.39 is 0 Å². The van der Waals surface area contributed by atoms with Gasteiger partial charge in [0.05, 0.1) is 18.7 Å². The van der Waals surface area contributed by atoms with Gasteiger partial charge in [-0.05, 0) is 37.3 Å². The molecule has 21 heavy (non-hydrogen) atoms. The first-order valence-corrected chi connectivity index (χ1v) is 7.81. The SMILES string of the molecule is N#CCN(C1CCCC1)C1CCc2ccccc2NC1=O. The van der Waals surface area contributed by atoms with E-state index in [0.29, 0.717) is 12.6 Å². The summed E-state index contributed by atoms with van der Waals surface area (Å²) in [6.45, 7) is 0.346. The number of nitrogens with zero attached hydrogens (tertiary/aromatic N) is 2. The number of para-hydroxylation sites is 1. The number of anilines is 1. The zero-order valence-electron chi connectivity index (χ0n) is 12.2. The Bertz CT molecular complexity index is 557. The number of amides is 1. The topological polar surface area (TPSA) is 56.1 Å². The molecule has 2 aliphatic rings. The molecule has 1 heterocycles. The summed E-state index contributed by atoms with van der Waals surface area (Å²) in [5.74, 6) is 0.0436. The molecule has 0 aromatic heterocycles. The van der Waals surface area contributed by atoms with Crippen molar-refractivity contribution in [3.8, 4) is 6.07 Å². The van der Waals surface area contributed by atoms with Gasteiger partial charge in [0.25, 0.3) is 0 Å². The molecule has 0 radical (unpaired) electrons.